The number of aliphatic carboxylic acids is 1. The summed E-state index contributed by atoms with van der Waals surface area (Å²) in [4.78, 5) is 16.7. The van der Waals surface area contributed by atoms with Gasteiger partial charge in [-0.1, -0.05) is 28.4 Å². The van der Waals surface area contributed by atoms with Gasteiger partial charge >= 0.3 is 5.97 Å². The molecule has 1 unspecified atom stereocenters. The van der Waals surface area contributed by atoms with E-state index in [2.05, 4.69) is 34.0 Å². The standard InChI is InChI=1S/C31H32ClN3O5/c32-22-6-4-18(5-7-22)28-24-15-21-17-33-35(27-3-1-2-10-39-27)26(21)16-25(24)30(40-23-13-20(14-23)31(36)37)34-29(28)19-8-11-38-12-9-19/h4-7,15-17,19-20,23,27H,1-3,8-14H2,(H,36,37)/p+1. The quantitative estimate of drug-likeness (QED) is 0.273. The van der Waals surface area contributed by atoms with E-state index < -0.39 is 5.97 Å². The number of benzene rings is 2. The second-order valence-electron chi connectivity index (χ2n) is 11.2. The minimum absolute atomic E-state index is 0.0405. The highest BCUT2D eigenvalue weighted by Gasteiger charge is 2.37. The van der Waals surface area contributed by atoms with Crippen LogP contribution in [0.5, 0.6) is 5.88 Å². The normalized spacial score (nSPS) is 23.8. The SMILES string of the molecule is O=C(O)C1CC(Oc2nc(C3CCOCC3)c(-c3ccc(Cl)cc3)c3cc4c[nH][n+](C5CCCCO5)c4cc23)C1. The highest BCUT2D eigenvalue weighted by atomic mass is 35.5. The summed E-state index contributed by atoms with van der Waals surface area (Å²) in [5, 5.41) is 16.6. The molecule has 208 valence electrons. The highest BCUT2D eigenvalue weighted by molar-refractivity contribution is 6.30. The van der Waals surface area contributed by atoms with E-state index in [9.17, 15) is 9.90 Å². The van der Waals surface area contributed by atoms with Gasteiger partial charge in [-0.3, -0.25) is 4.79 Å². The number of hydrogen-bond acceptors (Lipinski definition) is 5. The first kappa shape index (κ1) is 25.7. The smallest absolute Gasteiger partial charge is 0.306 e. The average Bonchev–Trinajstić information content (AvgIpc) is 3.37. The minimum Gasteiger partial charge on any atom is -0.481 e. The molecule has 0 radical (unpaired) electrons. The maximum atomic E-state index is 11.5. The molecule has 0 amide bonds. The first-order valence-corrected chi connectivity index (χ1v) is 14.7. The van der Waals surface area contributed by atoms with E-state index in [4.69, 9.17) is 30.8 Å². The number of carbonyl (C=O) groups is 1. The molecule has 2 saturated heterocycles. The van der Waals surface area contributed by atoms with Gasteiger partial charge in [0.25, 0.3) is 6.23 Å². The Morgan fingerprint density at radius 1 is 1.05 bits per heavy atom. The Kier molecular flexibility index (Phi) is 6.86. The lowest BCUT2D eigenvalue weighted by molar-refractivity contribution is -0.790. The largest absolute Gasteiger partial charge is 0.481 e. The minimum atomic E-state index is -0.763. The number of nitrogens with zero attached hydrogens (tertiary/aromatic N) is 2. The summed E-state index contributed by atoms with van der Waals surface area (Å²) in [6.07, 6.45) is 7.75. The zero-order chi connectivity index (χ0) is 27.2. The molecule has 1 saturated carbocycles. The van der Waals surface area contributed by atoms with Gasteiger partial charge in [0.2, 0.25) is 11.4 Å². The zero-order valence-electron chi connectivity index (χ0n) is 22.3. The molecule has 9 heteroatoms. The van der Waals surface area contributed by atoms with Crippen LogP contribution in [-0.4, -0.2) is 47.1 Å². The number of fused-ring (bicyclic) bond motifs is 2. The Labute approximate surface area is 237 Å². The van der Waals surface area contributed by atoms with Gasteiger partial charge < -0.3 is 19.3 Å². The number of carboxylic acid groups (broad SMARTS) is 1. The number of carboxylic acids is 1. The van der Waals surface area contributed by atoms with Crippen molar-refractivity contribution >= 4 is 39.2 Å². The molecule has 0 bridgehead atoms. The van der Waals surface area contributed by atoms with Crippen molar-refractivity contribution in [3.63, 3.8) is 0 Å². The lowest BCUT2D eigenvalue weighted by Gasteiger charge is -2.33. The van der Waals surface area contributed by atoms with Crippen LogP contribution in [-0.2, 0) is 14.3 Å². The van der Waals surface area contributed by atoms with Gasteiger partial charge in [0.1, 0.15) is 6.10 Å². The lowest BCUT2D eigenvalue weighted by Crippen LogP contribution is -2.44. The molecule has 2 aliphatic heterocycles. The van der Waals surface area contributed by atoms with Crippen LogP contribution < -0.4 is 9.42 Å². The predicted octanol–water partition coefficient (Wildman–Crippen LogP) is 6.16. The lowest BCUT2D eigenvalue weighted by atomic mass is 9.82. The molecular formula is C31H33ClN3O5+. The van der Waals surface area contributed by atoms with E-state index in [-0.39, 0.29) is 24.2 Å². The molecule has 3 aliphatic rings. The molecule has 4 aromatic rings. The van der Waals surface area contributed by atoms with Crippen molar-refractivity contribution < 1.29 is 28.8 Å². The first-order chi connectivity index (χ1) is 19.5. The van der Waals surface area contributed by atoms with Crippen molar-refractivity contribution in [3.05, 3.63) is 53.3 Å². The number of H-pyrrole nitrogens is 1. The van der Waals surface area contributed by atoms with Crippen LogP contribution >= 0.6 is 11.6 Å². The molecule has 1 aliphatic carbocycles. The van der Waals surface area contributed by atoms with Crippen molar-refractivity contribution in [2.75, 3.05) is 19.8 Å². The molecule has 2 aromatic carbocycles. The Bertz CT molecular complexity index is 1550. The molecule has 2 N–H and O–H groups in total. The number of hydrogen-bond donors (Lipinski definition) is 2. The Morgan fingerprint density at radius 3 is 2.58 bits per heavy atom. The third kappa shape index (κ3) is 4.72. The van der Waals surface area contributed by atoms with Gasteiger partial charge in [0.05, 0.1) is 35.2 Å². The van der Waals surface area contributed by atoms with Gasteiger partial charge in [-0.25, -0.2) is 4.98 Å². The van der Waals surface area contributed by atoms with E-state index in [1.165, 1.54) is 0 Å². The predicted molar refractivity (Wildman–Crippen MR) is 151 cm³/mol. The highest BCUT2D eigenvalue weighted by Crippen LogP contribution is 2.44. The van der Waals surface area contributed by atoms with Crippen LogP contribution in [0.25, 0.3) is 32.8 Å². The van der Waals surface area contributed by atoms with Crippen LogP contribution in [0.2, 0.25) is 5.02 Å². The van der Waals surface area contributed by atoms with Gasteiger partial charge in [0, 0.05) is 42.2 Å². The number of nitrogens with one attached hydrogen (secondary N) is 1. The first-order valence-electron chi connectivity index (χ1n) is 14.3. The number of pyridine rings is 1. The molecule has 1 atom stereocenters. The Hall–Kier alpha value is -3.20. The Balaban J connectivity index is 1.43. The summed E-state index contributed by atoms with van der Waals surface area (Å²) in [6.45, 7) is 2.15. The van der Waals surface area contributed by atoms with Crippen LogP contribution in [0.15, 0.2) is 42.6 Å². The van der Waals surface area contributed by atoms with Gasteiger partial charge in [-0.2, -0.15) is 5.10 Å². The van der Waals surface area contributed by atoms with E-state index >= 15 is 0 Å². The summed E-state index contributed by atoms with van der Waals surface area (Å²) >= 11 is 6.29. The summed E-state index contributed by atoms with van der Waals surface area (Å²) in [5.74, 6) is -0.327. The fraction of sp³-hybridized carbons (Fsp3) is 0.452. The van der Waals surface area contributed by atoms with Gasteiger partial charge in [0.15, 0.2) is 0 Å². The molecule has 2 aromatic heterocycles. The van der Waals surface area contributed by atoms with E-state index in [0.29, 0.717) is 37.0 Å². The number of aromatic nitrogens is 3. The summed E-state index contributed by atoms with van der Waals surface area (Å²) in [5.41, 5.74) is 4.18. The Morgan fingerprint density at radius 2 is 1.85 bits per heavy atom. The van der Waals surface area contributed by atoms with Crippen molar-refractivity contribution in [1.29, 1.82) is 0 Å². The molecule has 4 heterocycles. The molecule has 8 nitrogen and oxygen atoms in total. The second kappa shape index (κ2) is 10.7. The number of ether oxygens (including phenoxy) is 3. The maximum absolute atomic E-state index is 11.5. The van der Waals surface area contributed by atoms with Crippen molar-refractivity contribution in [1.82, 2.24) is 10.1 Å². The van der Waals surface area contributed by atoms with Crippen LogP contribution in [0, 0.1) is 5.92 Å². The van der Waals surface area contributed by atoms with E-state index in [1.807, 2.05) is 18.3 Å². The van der Waals surface area contributed by atoms with Crippen molar-refractivity contribution in [2.24, 2.45) is 5.92 Å². The van der Waals surface area contributed by atoms with Crippen LogP contribution in [0.3, 0.4) is 0 Å². The fourth-order valence-corrected chi connectivity index (χ4v) is 6.47. The maximum Gasteiger partial charge on any atom is 0.306 e. The third-order valence-electron chi connectivity index (χ3n) is 8.67. The third-order valence-corrected chi connectivity index (χ3v) is 8.92. The molecule has 0 spiro atoms. The average molecular weight is 563 g/mol. The number of aromatic amines is 1. The summed E-state index contributed by atoms with van der Waals surface area (Å²) in [6, 6.07) is 12.3. The number of rotatable bonds is 6. The molecule has 7 rings (SSSR count). The monoisotopic (exact) mass is 562 g/mol. The number of halogens is 1. The van der Waals surface area contributed by atoms with E-state index in [0.717, 1.165) is 77.2 Å². The second-order valence-corrected chi connectivity index (χ2v) is 11.7. The fourth-order valence-electron chi connectivity index (χ4n) is 6.35. The van der Waals surface area contributed by atoms with E-state index in [1.54, 1.807) is 0 Å². The summed E-state index contributed by atoms with van der Waals surface area (Å²) in [7, 11) is 0. The zero-order valence-corrected chi connectivity index (χ0v) is 23.0. The van der Waals surface area contributed by atoms with Gasteiger partial charge in [-0.05, 0) is 67.7 Å². The van der Waals surface area contributed by atoms with Crippen LogP contribution in [0.4, 0.5) is 0 Å². The molecule has 3 fully saturated rings. The molecule has 40 heavy (non-hydrogen) atoms. The van der Waals surface area contributed by atoms with Crippen molar-refractivity contribution in [2.45, 2.75) is 63.2 Å². The summed E-state index contributed by atoms with van der Waals surface area (Å²) < 4.78 is 20.4. The van der Waals surface area contributed by atoms with Crippen LogP contribution in [0.1, 0.15) is 62.8 Å². The van der Waals surface area contributed by atoms with Crippen molar-refractivity contribution in [3.8, 4) is 17.0 Å². The molecular weight excluding hydrogens is 530 g/mol. The topological polar surface area (TPSA) is 97.5 Å². The van der Waals surface area contributed by atoms with Gasteiger partial charge in [-0.15, -0.1) is 0 Å².